The molecule has 3 nitrogen and oxygen atoms in total. The predicted octanol–water partition coefficient (Wildman–Crippen LogP) is 4.54. The lowest BCUT2D eigenvalue weighted by atomic mass is 9.49. The number of carbonyl (C=O) groups excluding carboxylic acids is 1. The van der Waals surface area contributed by atoms with Crippen LogP contribution in [0.15, 0.2) is 0 Å². The molecule has 1 saturated heterocycles. The molecule has 5 fully saturated rings. The maximum absolute atomic E-state index is 13.1. The van der Waals surface area contributed by atoms with Crippen molar-refractivity contribution in [2.45, 2.75) is 83.5 Å². The Morgan fingerprint density at radius 2 is 1.32 bits per heavy atom. The van der Waals surface area contributed by atoms with Gasteiger partial charge in [0.25, 0.3) is 0 Å². The molecule has 4 bridgehead atoms. The molecule has 0 spiro atoms. The number of nitrogens with one attached hydrogen (secondary N) is 1. The molecule has 4 saturated carbocycles. The van der Waals surface area contributed by atoms with Crippen molar-refractivity contribution in [3.63, 3.8) is 0 Å². The molecule has 0 aromatic heterocycles. The molecule has 5 rings (SSSR count). The SMILES string of the molecule is CN1C(=O)N[Si]([Si](C)(C)C)([Si](C)(C)C)C1C12CC3CC(CC(C3)C1)C2. The summed E-state index contributed by atoms with van der Waals surface area (Å²) in [5, 5.41) is 0. The second-order valence-corrected chi connectivity index (χ2v) is 38.7. The van der Waals surface area contributed by atoms with Gasteiger partial charge in [0.1, 0.15) is 0 Å². The summed E-state index contributed by atoms with van der Waals surface area (Å²) in [5.41, 5.74) is 1.02. The minimum atomic E-state index is -1.87. The van der Waals surface area contributed by atoms with Gasteiger partial charge in [-0.05, 0) is 61.7 Å². The van der Waals surface area contributed by atoms with Crippen LogP contribution in [-0.2, 0) is 0 Å². The van der Waals surface area contributed by atoms with Gasteiger partial charge in [-0.3, -0.25) is 0 Å². The fourth-order valence-electron chi connectivity index (χ4n) is 8.44. The fourth-order valence-corrected chi connectivity index (χ4v) is 53.5. The Morgan fingerprint density at radius 1 is 0.920 bits per heavy atom. The first kappa shape index (κ1) is 18.3. The van der Waals surface area contributed by atoms with E-state index in [-0.39, 0.29) is 6.03 Å². The summed E-state index contributed by atoms with van der Waals surface area (Å²) in [7, 11) is -2.69. The van der Waals surface area contributed by atoms with E-state index in [1.54, 1.807) is 0 Å². The summed E-state index contributed by atoms with van der Waals surface area (Å²) < 4.78 is 0. The van der Waals surface area contributed by atoms with Crippen molar-refractivity contribution in [3.8, 4) is 0 Å². The highest BCUT2D eigenvalue weighted by atomic mass is 29.6. The number of rotatable bonds is 3. The lowest BCUT2D eigenvalue weighted by Crippen LogP contribution is -2.85. The Morgan fingerprint density at radius 3 is 1.68 bits per heavy atom. The molecule has 1 N–H and O–H groups in total. The molecule has 4 aliphatic carbocycles. The molecule has 142 valence electrons. The number of nitrogens with zero attached hydrogens (tertiary/aromatic N) is 1. The lowest BCUT2D eigenvalue weighted by Gasteiger charge is -2.64. The average Bonchev–Trinajstić information content (AvgIpc) is 2.70. The highest BCUT2D eigenvalue weighted by Crippen LogP contribution is 2.64. The monoisotopic (exact) mass is 394 g/mol. The van der Waals surface area contributed by atoms with E-state index in [9.17, 15) is 4.79 Å². The highest BCUT2D eigenvalue weighted by molar-refractivity contribution is 7.69. The second kappa shape index (κ2) is 5.25. The van der Waals surface area contributed by atoms with E-state index in [0.717, 1.165) is 17.8 Å². The van der Waals surface area contributed by atoms with Crippen LogP contribution in [0.1, 0.15) is 38.5 Å². The first-order chi connectivity index (χ1) is 11.4. The van der Waals surface area contributed by atoms with E-state index >= 15 is 0 Å². The summed E-state index contributed by atoms with van der Waals surface area (Å²) in [4.78, 5) is 19.1. The van der Waals surface area contributed by atoms with Crippen LogP contribution in [0.5, 0.6) is 0 Å². The summed E-state index contributed by atoms with van der Waals surface area (Å²) in [6.45, 7) is 15.4. The van der Waals surface area contributed by atoms with Crippen LogP contribution >= 0.6 is 0 Å². The molecule has 25 heavy (non-hydrogen) atoms. The number of amides is 2. The highest BCUT2D eigenvalue weighted by Gasteiger charge is 2.72. The van der Waals surface area contributed by atoms with Gasteiger partial charge in [0.05, 0.1) is 15.2 Å². The molecule has 0 aromatic rings. The van der Waals surface area contributed by atoms with Crippen molar-refractivity contribution in [1.82, 2.24) is 9.88 Å². The van der Waals surface area contributed by atoms with Crippen molar-refractivity contribution in [3.05, 3.63) is 0 Å². The number of carbonyl (C=O) groups is 1. The van der Waals surface area contributed by atoms with Crippen LogP contribution in [0.4, 0.5) is 4.79 Å². The maximum Gasteiger partial charge on any atom is 0.308 e. The third-order valence-corrected chi connectivity index (χ3v) is 45.7. The van der Waals surface area contributed by atoms with E-state index in [2.05, 4.69) is 56.2 Å². The molecule has 2 amide bonds. The van der Waals surface area contributed by atoms with Crippen molar-refractivity contribution in [2.75, 3.05) is 7.05 Å². The van der Waals surface area contributed by atoms with Crippen molar-refractivity contribution >= 4 is 28.5 Å². The van der Waals surface area contributed by atoms with Crippen molar-refractivity contribution in [2.24, 2.45) is 23.2 Å². The summed E-state index contributed by atoms with van der Waals surface area (Å²) in [6, 6.07) is 0.275. The number of urea groups is 1. The molecule has 1 aliphatic heterocycles. The molecular formula is C19H38N2OSi3. The Balaban J connectivity index is 1.87. The summed E-state index contributed by atoms with van der Waals surface area (Å²) in [6.07, 6.45) is 8.74. The molecule has 6 heteroatoms. The predicted molar refractivity (Wildman–Crippen MR) is 113 cm³/mol. The first-order valence-corrected chi connectivity index (χ1v) is 21.5. The Kier molecular flexibility index (Phi) is 3.84. The van der Waals surface area contributed by atoms with Gasteiger partial charge in [-0.25, -0.2) is 4.79 Å². The van der Waals surface area contributed by atoms with Gasteiger partial charge >= 0.3 is 6.03 Å². The Bertz CT molecular complexity index is 543. The third-order valence-electron chi connectivity index (χ3n) is 8.45. The summed E-state index contributed by atoms with van der Waals surface area (Å²) >= 11 is 0. The van der Waals surface area contributed by atoms with E-state index in [0.29, 0.717) is 11.1 Å². The van der Waals surface area contributed by atoms with Crippen LogP contribution in [0.25, 0.3) is 0 Å². The van der Waals surface area contributed by atoms with Crippen LogP contribution < -0.4 is 4.98 Å². The van der Waals surface area contributed by atoms with Gasteiger partial charge in [0.2, 0.25) is 0 Å². The maximum atomic E-state index is 13.1. The number of hydrogen-bond donors (Lipinski definition) is 1. The third kappa shape index (κ3) is 2.35. The average molecular weight is 395 g/mol. The number of hydrogen-bond acceptors (Lipinski definition) is 1. The first-order valence-electron chi connectivity index (χ1n) is 10.4. The van der Waals surface area contributed by atoms with Gasteiger partial charge in [-0.2, -0.15) is 0 Å². The molecule has 1 unspecified atom stereocenters. The largest absolute Gasteiger partial charge is 0.367 e. The Labute approximate surface area is 157 Å². The van der Waals surface area contributed by atoms with Gasteiger partial charge in [-0.15, -0.1) is 0 Å². The van der Waals surface area contributed by atoms with Crippen LogP contribution in [0.2, 0.25) is 39.3 Å². The smallest absolute Gasteiger partial charge is 0.308 e. The minimum Gasteiger partial charge on any atom is -0.367 e. The summed E-state index contributed by atoms with van der Waals surface area (Å²) in [5.74, 6) is 2.89. The van der Waals surface area contributed by atoms with Gasteiger partial charge in [0.15, 0.2) is 7.27 Å². The molecular weight excluding hydrogens is 356 g/mol. The van der Waals surface area contributed by atoms with E-state index in [4.69, 9.17) is 0 Å². The van der Waals surface area contributed by atoms with Crippen LogP contribution in [0.3, 0.4) is 0 Å². The van der Waals surface area contributed by atoms with Gasteiger partial charge < -0.3 is 9.88 Å². The van der Waals surface area contributed by atoms with Crippen molar-refractivity contribution < 1.29 is 4.79 Å². The Hall–Kier alpha value is -0.0794. The van der Waals surface area contributed by atoms with E-state index in [1.807, 2.05) is 0 Å². The molecule has 0 aromatic carbocycles. The second-order valence-electron chi connectivity index (χ2n) is 12.0. The van der Waals surface area contributed by atoms with Crippen LogP contribution in [0, 0.1) is 23.2 Å². The zero-order valence-corrected chi connectivity index (χ0v) is 20.4. The molecule has 5 aliphatic rings. The van der Waals surface area contributed by atoms with Crippen molar-refractivity contribution in [1.29, 1.82) is 0 Å². The lowest BCUT2D eigenvalue weighted by molar-refractivity contribution is -0.0710. The standard InChI is InChI=1S/C19H38N2OSi3/c1-21-17(19-11-14-8-15(12-19)10-16(9-14)13-19)25(20-18(21)22,23(2,3)4)24(5,6)7/h14-17H,8-13H2,1-7H3,(H,20,22). The zero-order valence-electron chi connectivity index (χ0n) is 17.4. The van der Waals surface area contributed by atoms with E-state index < -0.39 is 22.5 Å². The quantitative estimate of drug-likeness (QED) is 0.700. The molecule has 0 radical (unpaired) electrons. The van der Waals surface area contributed by atoms with Crippen LogP contribution in [-0.4, -0.2) is 46.1 Å². The normalized spacial score (nSPS) is 42.8. The minimum absolute atomic E-state index is 0.275. The zero-order chi connectivity index (χ0) is 18.4. The fraction of sp³-hybridized carbons (Fsp3) is 0.947. The van der Waals surface area contributed by atoms with Gasteiger partial charge in [0, 0.05) is 12.7 Å². The molecule has 1 atom stereocenters. The van der Waals surface area contributed by atoms with Gasteiger partial charge in [-0.1, -0.05) is 39.3 Å². The molecule has 1 heterocycles. The topological polar surface area (TPSA) is 32.3 Å². The van der Waals surface area contributed by atoms with E-state index in [1.165, 1.54) is 38.5 Å².